The molecule has 2 aliphatic heterocycles. The van der Waals surface area contributed by atoms with Crippen LogP contribution in [0.15, 0.2) is 36.7 Å². The molecule has 204 valence electrons. The highest BCUT2D eigenvalue weighted by molar-refractivity contribution is 7.88. The highest BCUT2D eigenvalue weighted by Crippen LogP contribution is 2.43. The molecule has 1 N–H and O–H groups in total. The van der Waals surface area contributed by atoms with Crippen molar-refractivity contribution in [3.63, 3.8) is 0 Å². The monoisotopic (exact) mass is 590 g/mol. The number of H-pyrrole nitrogens is 1. The number of nitrogens with one attached hydrogen (secondary N) is 1. The zero-order valence-electron chi connectivity index (χ0n) is 21.4. The van der Waals surface area contributed by atoms with Crippen LogP contribution >= 0.6 is 23.2 Å². The molecule has 13 heteroatoms. The smallest absolute Gasteiger partial charge is 0.211 e. The van der Waals surface area contributed by atoms with Gasteiger partial charge in [-0.3, -0.25) is 10.1 Å². The van der Waals surface area contributed by atoms with Crippen LogP contribution in [0.2, 0.25) is 10.0 Å². The van der Waals surface area contributed by atoms with E-state index in [1.807, 2.05) is 30.0 Å². The van der Waals surface area contributed by atoms with E-state index < -0.39 is 21.9 Å². The zero-order valence-corrected chi connectivity index (χ0v) is 23.7. The quantitative estimate of drug-likeness (QED) is 0.337. The summed E-state index contributed by atoms with van der Waals surface area (Å²) in [5.74, 6) is 0.358. The molecular weight excluding hydrogens is 566 g/mol. The fraction of sp³-hybridized carbons (Fsp3) is 0.346. The van der Waals surface area contributed by atoms with Crippen molar-refractivity contribution >= 4 is 49.9 Å². The van der Waals surface area contributed by atoms with E-state index in [2.05, 4.69) is 20.2 Å². The number of fused-ring (bicyclic) bond motifs is 1. The van der Waals surface area contributed by atoms with Gasteiger partial charge in [-0.25, -0.2) is 22.1 Å². The van der Waals surface area contributed by atoms with E-state index in [9.17, 15) is 8.42 Å². The Hall–Kier alpha value is -2.99. The Morgan fingerprint density at radius 1 is 1.13 bits per heavy atom. The van der Waals surface area contributed by atoms with Gasteiger partial charge >= 0.3 is 0 Å². The van der Waals surface area contributed by atoms with Crippen LogP contribution in [0.4, 0.5) is 10.2 Å². The first-order valence-corrected chi connectivity index (χ1v) is 14.9. The Morgan fingerprint density at radius 2 is 1.87 bits per heavy atom. The van der Waals surface area contributed by atoms with Gasteiger partial charge in [0.15, 0.2) is 11.6 Å². The van der Waals surface area contributed by atoms with E-state index >= 15 is 4.39 Å². The van der Waals surface area contributed by atoms with Crippen molar-refractivity contribution in [2.24, 2.45) is 5.41 Å². The molecule has 1 atom stereocenters. The second-order valence-electron chi connectivity index (χ2n) is 10.4. The van der Waals surface area contributed by atoms with Crippen LogP contribution in [0.1, 0.15) is 24.3 Å². The maximum absolute atomic E-state index is 15.2. The lowest BCUT2D eigenvalue weighted by Crippen LogP contribution is -2.73. The predicted molar refractivity (Wildman–Crippen MR) is 148 cm³/mol. The molecule has 0 aliphatic carbocycles. The minimum atomic E-state index is -3.19. The number of hydrogen-bond acceptors (Lipinski definition) is 7. The molecule has 1 spiro atoms. The standard InChI is InChI=1S/C26H25Cl2FN6O3S/c1-14-23(28)22(19(27)9-30-14)15(2)38-17-4-5-21-18(7-17)24(33-32-21)16-6-20(29)25(31-8-16)34-10-26(11-34)12-35(13-26)39(3,36)37/h4-9,15H,10-13H2,1-3H3,(H,32,33). The molecule has 0 radical (unpaired) electrons. The number of nitrogens with zero attached hydrogens (tertiary/aromatic N) is 5. The van der Waals surface area contributed by atoms with Gasteiger partial charge in [-0.2, -0.15) is 5.10 Å². The van der Waals surface area contributed by atoms with Crippen LogP contribution in [0.5, 0.6) is 5.75 Å². The van der Waals surface area contributed by atoms with Crippen molar-refractivity contribution in [1.82, 2.24) is 24.5 Å². The van der Waals surface area contributed by atoms with E-state index in [0.717, 1.165) is 10.9 Å². The number of aromatic amines is 1. The summed E-state index contributed by atoms with van der Waals surface area (Å²) in [5, 5.41) is 9.00. The third-order valence-corrected chi connectivity index (χ3v) is 9.35. The fourth-order valence-corrected chi connectivity index (χ4v) is 7.01. The van der Waals surface area contributed by atoms with Crippen molar-refractivity contribution in [2.45, 2.75) is 20.0 Å². The molecule has 3 aromatic heterocycles. The third-order valence-electron chi connectivity index (χ3n) is 7.38. The van der Waals surface area contributed by atoms with Gasteiger partial charge in [0.25, 0.3) is 0 Å². The van der Waals surface area contributed by atoms with E-state index in [0.29, 0.717) is 64.5 Å². The maximum atomic E-state index is 15.2. The predicted octanol–water partition coefficient (Wildman–Crippen LogP) is 5.00. The van der Waals surface area contributed by atoms with Gasteiger partial charge < -0.3 is 9.64 Å². The van der Waals surface area contributed by atoms with Crippen molar-refractivity contribution < 1.29 is 17.5 Å². The molecule has 1 aromatic carbocycles. The van der Waals surface area contributed by atoms with Crippen molar-refractivity contribution in [3.05, 3.63) is 63.8 Å². The molecule has 2 saturated heterocycles. The normalized spacial score (nSPS) is 17.7. The SMILES string of the molecule is Cc1ncc(Cl)c(C(C)Oc2ccc3[nH]nc(-c4cnc(N5CC6(C5)CN(S(C)(=O)=O)C6)c(F)c4)c3c2)c1Cl. The largest absolute Gasteiger partial charge is 0.486 e. The lowest BCUT2D eigenvalue weighted by atomic mass is 9.74. The van der Waals surface area contributed by atoms with E-state index in [4.69, 9.17) is 27.9 Å². The number of pyridine rings is 2. The average Bonchev–Trinajstić information content (AvgIpc) is 3.23. The van der Waals surface area contributed by atoms with Crippen molar-refractivity contribution in [2.75, 3.05) is 37.3 Å². The Balaban J connectivity index is 1.21. The van der Waals surface area contributed by atoms with Crippen LogP contribution < -0.4 is 9.64 Å². The Bertz CT molecular complexity index is 1720. The van der Waals surface area contributed by atoms with Gasteiger partial charge in [0.05, 0.1) is 27.5 Å². The molecule has 9 nitrogen and oxygen atoms in total. The summed E-state index contributed by atoms with van der Waals surface area (Å²) in [6.07, 6.45) is 3.91. The Morgan fingerprint density at radius 3 is 2.56 bits per heavy atom. The van der Waals surface area contributed by atoms with E-state index in [1.165, 1.54) is 16.6 Å². The summed E-state index contributed by atoms with van der Waals surface area (Å²) in [7, 11) is -3.19. The van der Waals surface area contributed by atoms with Crippen LogP contribution in [-0.2, 0) is 10.0 Å². The van der Waals surface area contributed by atoms with Gasteiger partial charge in [-0.15, -0.1) is 0 Å². The van der Waals surface area contributed by atoms with Crippen LogP contribution in [0.3, 0.4) is 0 Å². The Kier molecular flexibility index (Phi) is 6.25. The molecule has 2 fully saturated rings. The second kappa shape index (κ2) is 9.29. The first-order valence-electron chi connectivity index (χ1n) is 12.3. The minimum absolute atomic E-state index is 0.120. The Labute approximate surface area is 235 Å². The van der Waals surface area contributed by atoms with E-state index in [1.54, 1.807) is 19.3 Å². The highest BCUT2D eigenvalue weighted by Gasteiger charge is 2.55. The first-order chi connectivity index (χ1) is 18.4. The number of ether oxygens (including phenoxy) is 1. The molecule has 0 bridgehead atoms. The third kappa shape index (κ3) is 4.61. The van der Waals surface area contributed by atoms with Gasteiger partial charge in [0.1, 0.15) is 17.5 Å². The van der Waals surface area contributed by atoms with Gasteiger partial charge in [0, 0.05) is 60.5 Å². The maximum Gasteiger partial charge on any atom is 0.211 e. The summed E-state index contributed by atoms with van der Waals surface area (Å²) in [4.78, 5) is 10.4. The molecule has 1 unspecified atom stereocenters. The van der Waals surface area contributed by atoms with Gasteiger partial charge in [0.2, 0.25) is 10.0 Å². The molecule has 2 aliphatic rings. The summed E-state index contributed by atoms with van der Waals surface area (Å²) in [6, 6.07) is 6.90. The second-order valence-corrected chi connectivity index (χ2v) is 13.1. The topological polar surface area (TPSA) is 104 Å². The summed E-state index contributed by atoms with van der Waals surface area (Å²) in [6.45, 7) is 5.71. The van der Waals surface area contributed by atoms with Crippen LogP contribution in [-0.4, -0.2) is 65.3 Å². The molecule has 0 saturated carbocycles. The number of sulfonamides is 1. The number of halogens is 3. The average molecular weight is 591 g/mol. The summed E-state index contributed by atoms with van der Waals surface area (Å²) >= 11 is 12.8. The van der Waals surface area contributed by atoms with E-state index in [-0.39, 0.29) is 11.2 Å². The van der Waals surface area contributed by atoms with Crippen molar-refractivity contribution in [3.8, 4) is 17.0 Å². The number of hydrogen-bond donors (Lipinski definition) is 1. The van der Waals surface area contributed by atoms with Gasteiger partial charge in [-0.1, -0.05) is 23.2 Å². The molecule has 6 rings (SSSR count). The lowest BCUT2D eigenvalue weighted by Gasteiger charge is -2.59. The fourth-order valence-electron chi connectivity index (χ4n) is 5.34. The van der Waals surface area contributed by atoms with Gasteiger partial charge in [-0.05, 0) is 38.1 Å². The molecular formula is C26H25Cl2FN6O3S. The molecule has 39 heavy (non-hydrogen) atoms. The lowest BCUT2D eigenvalue weighted by molar-refractivity contribution is 0.0390. The number of rotatable bonds is 6. The number of benzene rings is 1. The first kappa shape index (κ1) is 26.2. The molecule has 0 amide bonds. The van der Waals surface area contributed by atoms with Crippen molar-refractivity contribution in [1.29, 1.82) is 0 Å². The summed E-state index contributed by atoms with van der Waals surface area (Å²) < 4.78 is 46.2. The highest BCUT2D eigenvalue weighted by atomic mass is 35.5. The minimum Gasteiger partial charge on any atom is -0.486 e. The van der Waals surface area contributed by atoms with Crippen LogP contribution in [0.25, 0.3) is 22.2 Å². The summed E-state index contributed by atoms with van der Waals surface area (Å²) in [5.41, 5.74) is 3.01. The van der Waals surface area contributed by atoms with Crippen LogP contribution in [0, 0.1) is 18.2 Å². The number of anilines is 1. The molecule has 5 heterocycles. The zero-order chi connectivity index (χ0) is 27.7. The molecule has 4 aromatic rings. The number of aryl methyl sites for hydroxylation is 1. The number of aromatic nitrogens is 4.